The summed E-state index contributed by atoms with van der Waals surface area (Å²) >= 11 is 6.04. The molecule has 0 unspecified atom stereocenters. The van der Waals surface area contributed by atoms with Gasteiger partial charge in [-0.15, -0.1) is 0 Å². The van der Waals surface area contributed by atoms with Crippen LogP contribution in [0.25, 0.3) is 22.6 Å². The van der Waals surface area contributed by atoms with Crippen LogP contribution in [0.3, 0.4) is 0 Å². The highest BCUT2D eigenvalue weighted by Gasteiger charge is 2.24. The molecule has 1 aromatic heterocycles. The molecule has 0 atom stereocenters. The lowest BCUT2D eigenvalue weighted by atomic mass is 10.1. The molecule has 2 heterocycles. The molecule has 1 aliphatic heterocycles. The number of aromatic nitrogens is 2. The SMILES string of the molecule is COc1cc(C=C2CCn3c2nc2cc(Cl)ccc2c3=O)c([N+](=O)[O-])cc1OC. The van der Waals surface area contributed by atoms with Gasteiger partial charge in [-0.05, 0) is 42.3 Å². The number of fused-ring (bicyclic) bond motifs is 2. The molecule has 0 spiro atoms. The second-order valence-corrected chi connectivity index (χ2v) is 6.93. The van der Waals surface area contributed by atoms with E-state index in [0.717, 1.165) is 5.57 Å². The van der Waals surface area contributed by atoms with E-state index in [1.54, 1.807) is 34.9 Å². The molecule has 148 valence electrons. The summed E-state index contributed by atoms with van der Waals surface area (Å²) in [5.74, 6) is 1.12. The van der Waals surface area contributed by atoms with Crippen LogP contribution in [0.15, 0.2) is 35.1 Å². The fourth-order valence-electron chi connectivity index (χ4n) is 3.47. The van der Waals surface area contributed by atoms with Gasteiger partial charge in [0.05, 0.1) is 41.7 Å². The lowest BCUT2D eigenvalue weighted by molar-refractivity contribution is -0.385. The monoisotopic (exact) mass is 413 g/mol. The molecule has 0 aliphatic carbocycles. The maximum absolute atomic E-state index is 12.8. The first-order chi connectivity index (χ1) is 13.9. The molecule has 0 bridgehead atoms. The number of hydrogen-bond donors (Lipinski definition) is 0. The van der Waals surface area contributed by atoms with Gasteiger partial charge in [-0.2, -0.15) is 0 Å². The minimum atomic E-state index is -0.482. The van der Waals surface area contributed by atoms with Crippen molar-refractivity contribution < 1.29 is 14.4 Å². The molecule has 0 saturated carbocycles. The molecule has 3 aromatic rings. The van der Waals surface area contributed by atoms with Crippen molar-refractivity contribution in [3.05, 3.63) is 67.2 Å². The summed E-state index contributed by atoms with van der Waals surface area (Å²) in [4.78, 5) is 28.5. The second-order valence-electron chi connectivity index (χ2n) is 6.50. The van der Waals surface area contributed by atoms with Crippen LogP contribution in [0.2, 0.25) is 5.02 Å². The first-order valence-corrected chi connectivity index (χ1v) is 9.12. The number of rotatable bonds is 4. The molecule has 8 nitrogen and oxygen atoms in total. The Balaban J connectivity index is 1.92. The van der Waals surface area contributed by atoms with Crippen molar-refractivity contribution in [3.63, 3.8) is 0 Å². The van der Waals surface area contributed by atoms with Crippen LogP contribution in [0.1, 0.15) is 17.8 Å². The van der Waals surface area contributed by atoms with Gasteiger partial charge < -0.3 is 9.47 Å². The zero-order valence-corrected chi connectivity index (χ0v) is 16.4. The molecule has 29 heavy (non-hydrogen) atoms. The maximum atomic E-state index is 12.8. The van der Waals surface area contributed by atoms with Gasteiger partial charge in [0.1, 0.15) is 5.82 Å². The number of hydrogen-bond acceptors (Lipinski definition) is 6. The minimum absolute atomic E-state index is 0.125. The number of allylic oxidation sites excluding steroid dienone is 1. The van der Waals surface area contributed by atoms with E-state index in [1.165, 1.54) is 20.3 Å². The molecule has 0 saturated heterocycles. The zero-order chi connectivity index (χ0) is 20.7. The number of nitro groups is 1. The van der Waals surface area contributed by atoms with Crippen LogP contribution in [-0.2, 0) is 6.54 Å². The molecule has 0 fully saturated rings. The lowest BCUT2D eigenvalue weighted by Gasteiger charge is -2.09. The van der Waals surface area contributed by atoms with Gasteiger partial charge in [-0.1, -0.05) is 11.6 Å². The number of nitrogens with zero attached hydrogens (tertiary/aromatic N) is 3. The van der Waals surface area contributed by atoms with Crippen LogP contribution < -0.4 is 15.0 Å². The standard InChI is InChI=1S/C20H16ClN3O5/c1-28-17-8-12(16(24(26)27)10-18(17)29-2)7-11-5-6-23-19(11)22-15-9-13(21)3-4-14(15)20(23)25/h3-4,7-10H,5-6H2,1-2H3. The molecule has 9 heteroatoms. The summed E-state index contributed by atoms with van der Waals surface area (Å²) in [5, 5.41) is 12.5. The van der Waals surface area contributed by atoms with Gasteiger partial charge >= 0.3 is 0 Å². The summed E-state index contributed by atoms with van der Waals surface area (Å²) in [7, 11) is 2.88. The van der Waals surface area contributed by atoms with E-state index in [4.69, 9.17) is 21.1 Å². The van der Waals surface area contributed by atoms with E-state index in [1.807, 2.05) is 0 Å². The van der Waals surface area contributed by atoms with Crippen LogP contribution in [0.5, 0.6) is 11.5 Å². The Morgan fingerprint density at radius 3 is 2.62 bits per heavy atom. The first-order valence-electron chi connectivity index (χ1n) is 8.74. The van der Waals surface area contributed by atoms with Gasteiger partial charge in [-0.3, -0.25) is 19.5 Å². The highest BCUT2D eigenvalue weighted by Crippen LogP contribution is 2.37. The highest BCUT2D eigenvalue weighted by atomic mass is 35.5. The number of ether oxygens (including phenoxy) is 2. The van der Waals surface area contributed by atoms with Gasteiger partial charge in [-0.25, -0.2) is 4.98 Å². The van der Waals surface area contributed by atoms with E-state index in [-0.39, 0.29) is 17.0 Å². The average Bonchev–Trinajstić information content (AvgIpc) is 3.10. The Labute approximate surface area is 170 Å². The quantitative estimate of drug-likeness (QED) is 0.475. The molecule has 2 aromatic carbocycles. The molecule has 0 radical (unpaired) electrons. The minimum Gasteiger partial charge on any atom is -0.493 e. The summed E-state index contributed by atoms with van der Waals surface area (Å²) in [6.07, 6.45) is 2.19. The second kappa shape index (κ2) is 7.21. The predicted molar refractivity (Wildman–Crippen MR) is 110 cm³/mol. The Morgan fingerprint density at radius 1 is 1.21 bits per heavy atom. The fourth-order valence-corrected chi connectivity index (χ4v) is 3.64. The van der Waals surface area contributed by atoms with Crippen molar-refractivity contribution in [1.82, 2.24) is 9.55 Å². The van der Waals surface area contributed by atoms with Crippen molar-refractivity contribution in [2.24, 2.45) is 0 Å². The third-order valence-electron chi connectivity index (χ3n) is 4.87. The van der Waals surface area contributed by atoms with Crippen LogP contribution in [0, 0.1) is 10.1 Å². The Morgan fingerprint density at radius 2 is 1.93 bits per heavy atom. The predicted octanol–water partition coefficient (Wildman–Crippen LogP) is 3.92. The normalized spacial score (nSPS) is 14.2. The first kappa shape index (κ1) is 18.9. The van der Waals surface area contributed by atoms with Crippen LogP contribution in [0.4, 0.5) is 5.69 Å². The molecular formula is C20H16ClN3O5. The largest absolute Gasteiger partial charge is 0.493 e. The molecule has 0 N–H and O–H groups in total. The summed E-state index contributed by atoms with van der Waals surface area (Å²) in [6.45, 7) is 0.451. The van der Waals surface area contributed by atoms with Crippen molar-refractivity contribution >= 4 is 39.8 Å². The molecule has 4 rings (SSSR count). The van der Waals surface area contributed by atoms with Gasteiger partial charge in [0, 0.05) is 11.6 Å². The topological polar surface area (TPSA) is 96.5 Å². The molecule has 1 aliphatic rings. The highest BCUT2D eigenvalue weighted by molar-refractivity contribution is 6.31. The number of halogens is 1. The fraction of sp³-hybridized carbons (Fsp3) is 0.200. The maximum Gasteiger partial charge on any atom is 0.280 e. The third kappa shape index (κ3) is 3.21. The number of methoxy groups -OCH3 is 2. The Kier molecular flexibility index (Phi) is 4.71. The summed E-state index contributed by atoms with van der Waals surface area (Å²) in [6, 6.07) is 7.80. The van der Waals surface area contributed by atoms with Crippen molar-refractivity contribution in [1.29, 1.82) is 0 Å². The smallest absolute Gasteiger partial charge is 0.280 e. The van der Waals surface area contributed by atoms with Gasteiger partial charge in [0.15, 0.2) is 11.5 Å². The third-order valence-corrected chi connectivity index (χ3v) is 5.10. The van der Waals surface area contributed by atoms with E-state index in [9.17, 15) is 14.9 Å². The number of benzene rings is 2. The van der Waals surface area contributed by atoms with Crippen LogP contribution in [-0.4, -0.2) is 28.7 Å². The molecular weight excluding hydrogens is 398 g/mol. The van der Waals surface area contributed by atoms with Crippen molar-refractivity contribution in [2.45, 2.75) is 13.0 Å². The Hall–Kier alpha value is -3.39. The van der Waals surface area contributed by atoms with E-state index >= 15 is 0 Å². The van der Waals surface area contributed by atoms with E-state index in [2.05, 4.69) is 4.98 Å². The summed E-state index contributed by atoms with van der Waals surface area (Å²) in [5.41, 5.74) is 1.27. The van der Waals surface area contributed by atoms with E-state index in [0.29, 0.717) is 46.0 Å². The van der Waals surface area contributed by atoms with Crippen molar-refractivity contribution in [2.75, 3.05) is 14.2 Å². The summed E-state index contributed by atoms with van der Waals surface area (Å²) < 4.78 is 12.0. The molecule has 0 amide bonds. The average molecular weight is 414 g/mol. The van der Waals surface area contributed by atoms with Crippen LogP contribution >= 0.6 is 11.6 Å². The van der Waals surface area contributed by atoms with E-state index < -0.39 is 4.92 Å². The number of nitro benzene ring substituents is 1. The Bertz CT molecular complexity index is 1250. The van der Waals surface area contributed by atoms with Gasteiger partial charge in [0.2, 0.25) is 0 Å². The lowest BCUT2D eigenvalue weighted by Crippen LogP contribution is -2.20. The van der Waals surface area contributed by atoms with Crippen molar-refractivity contribution in [3.8, 4) is 11.5 Å². The van der Waals surface area contributed by atoms with Gasteiger partial charge in [0.25, 0.3) is 11.2 Å². The zero-order valence-electron chi connectivity index (χ0n) is 15.6.